The molecule has 1 aliphatic carbocycles. The summed E-state index contributed by atoms with van der Waals surface area (Å²) < 4.78 is -1.83. The summed E-state index contributed by atoms with van der Waals surface area (Å²) in [6.45, 7) is 0. The summed E-state index contributed by atoms with van der Waals surface area (Å²) in [5.74, 6) is 0. The second-order valence-corrected chi connectivity index (χ2v) is 14.6. The van der Waals surface area contributed by atoms with Crippen molar-refractivity contribution in [2.45, 2.75) is 12.8 Å². The summed E-state index contributed by atoms with van der Waals surface area (Å²) in [6.07, 6.45) is 2.23. The van der Waals surface area contributed by atoms with Crippen molar-refractivity contribution < 1.29 is 0 Å². The second-order valence-electron chi connectivity index (χ2n) is 7.93. The van der Waals surface area contributed by atoms with E-state index in [-0.39, 0.29) is 5.34 Å². The molecule has 0 saturated heterocycles. The highest BCUT2D eigenvalue weighted by atomic mass is 35.5. The first kappa shape index (κ1) is 21.6. The van der Waals surface area contributed by atoms with Gasteiger partial charge in [0, 0.05) is 0 Å². The van der Waals surface area contributed by atoms with Crippen LogP contribution in [0.4, 0.5) is 0 Å². The van der Waals surface area contributed by atoms with E-state index < -0.39 is 11.8 Å². The van der Waals surface area contributed by atoms with E-state index in [9.17, 15) is 0 Å². The average Bonchev–Trinajstić information content (AvgIpc) is 3.30. The van der Waals surface area contributed by atoms with Gasteiger partial charge in [0.15, 0.2) is 0 Å². The lowest BCUT2D eigenvalue weighted by molar-refractivity contribution is 1.02. The molecule has 0 amide bonds. The number of rotatable bonds is 2. The number of hydrogen-bond donors (Lipinski definition) is 0. The number of alkyl halides is 2. The van der Waals surface area contributed by atoms with Crippen LogP contribution >= 0.6 is 53.3 Å². The highest BCUT2D eigenvalue weighted by Gasteiger charge is 2.62. The summed E-state index contributed by atoms with van der Waals surface area (Å²) in [7, 11) is -2.23. The van der Waals surface area contributed by atoms with E-state index in [0.717, 1.165) is 18.3 Å². The summed E-state index contributed by atoms with van der Waals surface area (Å²) in [5, 5.41) is 6.82. The lowest BCUT2D eigenvalue weighted by atomic mass is 9.85. The standard InChI is InChI=1S/C24H18BCl2P.CH2Cl2/c26-25(27)21-15-13-17-11-12-18-14-16-22(24(21)23(17)18)28(25,19-7-3-1-4-8-19)20-9-5-2-6-10-20;2-1-3/h1-10,13-16H,11-12H2;1H2. The molecule has 1 aliphatic heterocycles. The highest BCUT2D eigenvalue weighted by Crippen LogP contribution is 2.70. The SMILES string of the molecule is ClCCl.Cl[B-]1(Cl)c2ccc3c4c(ccc(c24)[P+]1(c1ccccc1)c1ccccc1)CC3. The molecule has 2 aliphatic rings. The summed E-state index contributed by atoms with van der Waals surface area (Å²) in [4.78, 5) is 0. The van der Waals surface area contributed by atoms with E-state index in [1.54, 1.807) is 0 Å². The van der Waals surface area contributed by atoms with Crippen molar-refractivity contribution >= 4 is 90.1 Å². The van der Waals surface area contributed by atoms with Gasteiger partial charge >= 0.3 is 4.70 Å². The van der Waals surface area contributed by atoms with Crippen LogP contribution in [0, 0.1) is 0 Å². The molecule has 0 radical (unpaired) electrons. The van der Waals surface area contributed by atoms with Gasteiger partial charge in [-0.2, -0.15) is 0 Å². The van der Waals surface area contributed by atoms with Crippen molar-refractivity contribution in [2.75, 3.05) is 5.34 Å². The van der Waals surface area contributed by atoms with Crippen LogP contribution in [0.2, 0.25) is 0 Å². The van der Waals surface area contributed by atoms with E-state index in [0.29, 0.717) is 0 Å². The average molecular weight is 504 g/mol. The molecule has 156 valence electrons. The molecule has 6 rings (SSSR count). The Bertz CT molecular complexity index is 1210. The topological polar surface area (TPSA) is 0 Å². The Hall–Kier alpha value is -1.21. The van der Waals surface area contributed by atoms with Gasteiger partial charge in [0.25, 0.3) is 0 Å². The van der Waals surface area contributed by atoms with Crippen molar-refractivity contribution in [1.82, 2.24) is 0 Å². The molecule has 1 heterocycles. The van der Waals surface area contributed by atoms with Gasteiger partial charge in [-0.3, -0.25) is 0 Å². The molecular formula is C25H20BCl4P. The maximum Gasteiger partial charge on any atom is 0.370 e. The third-order valence-corrected chi connectivity index (χ3v) is 13.4. The molecule has 4 aromatic carbocycles. The van der Waals surface area contributed by atoms with Gasteiger partial charge in [-0.25, -0.2) is 0 Å². The van der Waals surface area contributed by atoms with Crippen LogP contribution in [0.15, 0.2) is 84.9 Å². The number of aryl methyl sites for hydroxylation is 2. The molecule has 0 spiro atoms. The quantitative estimate of drug-likeness (QED) is 0.171. The summed E-state index contributed by atoms with van der Waals surface area (Å²) >= 11 is 24.5. The van der Waals surface area contributed by atoms with E-state index in [4.69, 9.17) is 46.1 Å². The normalized spacial score (nSPS) is 16.8. The number of benzene rings is 4. The summed E-state index contributed by atoms with van der Waals surface area (Å²) in [5.41, 5.74) is 4.02. The van der Waals surface area contributed by atoms with E-state index in [1.807, 2.05) is 0 Å². The number of halogens is 4. The Labute approximate surface area is 203 Å². The third-order valence-electron chi connectivity index (χ3n) is 6.57. The van der Waals surface area contributed by atoms with Gasteiger partial charge in [0.1, 0.15) is 0 Å². The Morgan fingerprint density at radius 3 is 1.65 bits per heavy atom. The first-order valence-corrected chi connectivity index (χ1v) is 14.1. The smallest absolute Gasteiger partial charge is 0.313 e. The number of hydrogen-bond acceptors (Lipinski definition) is 0. The predicted molar refractivity (Wildman–Crippen MR) is 144 cm³/mol. The van der Waals surface area contributed by atoms with E-state index in [1.165, 1.54) is 37.8 Å². The minimum atomic E-state index is -2.23. The largest absolute Gasteiger partial charge is 0.370 e. The fourth-order valence-corrected chi connectivity index (χ4v) is 12.6. The molecule has 31 heavy (non-hydrogen) atoms. The lowest BCUT2D eigenvalue weighted by Crippen LogP contribution is -2.46. The zero-order valence-electron chi connectivity index (χ0n) is 16.7. The van der Waals surface area contributed by atoms with Gasteiger partial charge in [-0.1, -0.05) is 54.6 Å². The monoisotopic (exact) mass is 502 g/mol. The first-order valence-electron chi connectivity index (χ1n) is 10.3. The van der Waals surface area contributed by atoms with Gasteiger partial charge < -0.3 is 22.9 Å². The van der Waals surface area contributed by atoms with Crippen molar-refractivity contribution in [3.8, 4) is 0 Å². The van der Waals surface area contributed by atoms with Crippen LogP contribution in [0.3, 0.4) is 0 Å². The first-order chi connectivity index (χ1) is 15.1. The minimum absolute atomic E-state index is 0.194. The van der Waals surface area contributed by atoms with Crippen LogP contribution in [0.5, 0.6) is 0 Å². The zero-order valence-corrected chi connectivity index (χ0v) is 20.7. The molecule has 0 aromatic heterocycles. The maximum absolute atomic E-state index is 7.50. The van der Waals surface area contributed by atoms with Crippen molar-refractivity contribution in [1.29, 1.82) is 0 Å². The van der Waals surface area contributed by atoms with Crippen LogP contribution in [-0.2, 0) is 12.8 Å². The van der Waals surface area contributed by atoms with Crippen LogP contribution in [0.25, 0.3) is 10.8 Å². The van der Waals surface area contributed by atoms with Crippen LogP contribution < -0.4 is 21.4 Å². The van der Waals surface area contributed by atoms with Crippen LogP contribution in [-0.4, -0.2) is 10.0 Å². The third kappa shape index (κ3) is 3.02. The van der Waals surface area contributed by atoms with Gasteiger partial charge in [0.05, 0.1) is 21.3 Å². The van der Waals surface area contributed by atoms with Crippen molar-refractivity contribution in [2.24, 2.45) is 0 Å². The molecular weight excluding hydrogens is 484 g/mol. The molecule has 0 bridgehead atoms. The van der Waals surface area contributed by atoms with Gasteiger partial charge in [0.2, 0.25) is 0 Å². The second kappa shape index (κ2) is 8.29. The predicted octanol–water partition coefficient (Wildman–Crippen LogP) is 6.29. The lowest BCUT2D eigenvalue weighted by Gasteiger charge is -2.39. The Kier molecular flexibility index (Phi) is 5.79. The molecule has 4 aromatic rings. The molecule has 0 atom stereocenters. The molecule has 0 unspecified atom stereocenters. The highest BCUT2D eigenvalue weighted by molar-refractivity contribution is 8.34. The minimum Gasteiger partial charge on any atom is -0.313 e. The van der Waals surface area contributed by atoms with Crippen molar-refractivity contribution in [3.05, 3.63) is 96.1 Å². The van der Waals surface area contributed by atoms with E-state index in [2.05, 4.69) is 84.9 Å². The fourth-order valence-electron chi connectivity index (χ4n) is 5.43. The molecule has 0 nitrogen and oxygen atoms in total. The zero-order chi connectivity index (χ0) is 21.6. The van der Waals surface area contributed by atoms with Gasteiger partial charge in [-0.05, 0) is 72.2 Å². The molecule has 0 N–H and O–H groups in total. The summed E-state index contributed by atoms with van der Waals surface area (Å²) in [6, 6.07) is 30.6. The van der Waals surface area contributed by atoms with Gasteiger partial charge in [-0.15, -0.1) is 28.7 Å². The Morgan fingerprint density at radius 1 is 0.645 bits per heavy atom. The fraction of sp³-hybridized carbons (Fsp3) is 0.120. The molecule has 0 saturated carbocycles. The molecule has 0 fully saturated rings. The molecule has 6 heteroatoms. The Balaban J connectivity index is 0.000000646. The maximum atomic E-state index is 7.50. The van der Waals surface area contributed by atoms with E-state index >= 15 is 0 Å². The van der Waals surface area contributed by atoms with Crippen LogP contribution in [0.1, 0.15) is 11.1 Å². The van der Waals surface area contributed by atoms with Crippen molar-refractivity contribution in [3.63, 3.8) is 0 Å². The Morgan fingerprint density at radius 2 is 1.13 bits per heavy atom.